The average molecular weight is 333 g/mol. The molecule has 0 saturated heterocycles. The van der Waals surface area contributed by atoms with E-state index < -0.39 is 16.0 Å². The third kappa shape index (κ3) is 4.10. The zero-order valence-electron chi connectivity index (χ0n) is 13.3. The lowest BCUT2D eigenvalue weighted by Crippen LogP contribution is -2.13. The predicted octanol–water partition coefficient (Wildman–Crippen LogP) is 3.28. The van der Waals surface area contributed by atoms with E-state index in [2.05, 4.69) is 4.72 Å². The summed E-state index contributed by atoms with van der Waals surface area (Å²) < 4.78 is 32.2. The van der Waals surface area contributed by atoms with Crippen molar-refractivity contribution in [1.82, 2.24) is 0 Å². The molecule has 0 aliphatic carbocycles. The molecule has 2 aromatic carbocycles. The number of carbonyl (C=O) groups is 1. The highest BCUT2D eigenvalue weighted by molar-refractivity contribution is 7.92. The van der Waals surface area contributed by atoms with Crippen molar-refractivity contribution in [3.8, 4) is 0 Å². The van der Waals surface area contributed by atoms with Gasteiger partial charge in [0.15, 0.2) is 0 Å². The molecule has 0 heterocycles. The molecule has 0 fully saturated rings. The van der Waals surface area contributed by atoms with Crippen LogP contribution in [0.4, 0.5) is 5.69 Å². The lowest BCUT2D eigenvalue weighted by Gasteiger charge is -2.10. The van der Waals surface area contributed by atoms with Crippen LogP contribution in [0, 0.1) is 13.8 Å². The summed E-state index contributed by atoms with van der Waals surface area (Å²) in [5.74, 6) is -0.474. The summed E-state index contributed by atoms with van der Waals surface area (Å²) in [7, 11) is -3.70. The van der Waals surface area contributed by atoms with Crippen molar-refractivity contribution in [3.63, 3.8) is 0 Å². The molecular weight excluding hydrogens is 314 g/mol. The molecule has 0 atom stereocenters. The van der Waals surface area contributed by atoms with Gasteiger partial charge in [0.1, 0.15) is 0 Å². The van der Waals surface area contributed by atoms with E-state index in [4.69, 9.17) is 4.74 Å². The van der Waals surface area contributed by atoms with E-state index in [9.17, 15) is 13.2 Å². The van der Waals surface area contributed by atoms with Crippen LogP contribution in [-0.2, 0) is 14.8 Å². The molecule has 0 saturated carbocycles. The third-order valence-corrected chi connectivity index (χ3v) is 4.83. The summed E-state index contributed by atoms with van der Waals surface area (Å²) in [6, 6.07) is 11.0. The van der Waals surface area contributed by atoms with E-state index >= 15 is 0 Å². The Balaban J connectivity index is 2.22. The highest BCUT2D eigenvalue weighted by Gasteiger charge is 2.15. The molecule has 0 radical (unpaired) electrons. The third-order valence-electron chi connectivity index (χ3n) is 3.43. The van der Waals surface area contributed by atoms with Gasteiger partial charge >= 0.3 is 5.97 Å². The van der Waals surface area contributed by atoms with Gasteiger partial charge in [-0.3, -0.25) is 4.72 Å². The number of carbonyl (C=O) groups excluding carboxylic acids is 1. The molecule has 122 valence electrons. The number of benzene rings is 2. The topological polar surface area (TPSA) is 72.5 Å². The summed E-state index contributed by atoms with van der Waals surface area (Å²) in [5, 5.41) is 0. The first-order chi connectivity index (χ1) is 10.8. The minimum atomic E-state index is -3.70. The van der Waals surface area contributed by atoms with Gasteiger partial charge in [0.2, 0.25) is 0 Å². The van der Waals surface area contributed by atoms with Gasteiger partial charge < -0.3 is 4.74 Å². The van der Waals surface area contributed by atoms with Crippen molar-refractivity contribution in [1.29, 1.82) is 0 Å². The molecule has 0 unspecified atom stereocenters. The average Bonchev–Trinajstić information content (AvgIpc) is 2.51. The fourth-order valence-corrected chi connectivity index (χ4v) is 3.05. The van der Waals surface area contributed by atoms with Crippen LogP contribution in [0.3, 0.4) is 0 Å². The summed E-state index contributed by atoms with van der Waals surface area (Å²) in [5.41, 5.74) is 2.91. The fraction of sp³-hybridized carbons (Fsp3) is 0.235. The van der Waals surface area contributed by atoms with Crippen molar-refractivity contribution < 1.29 is 17.9 Å². The Morgan fingerprint density at radius 3 is 2.26 bits per heavy atom. The highest BCUT2D eigenvalue weighted by atomic mass is 32.2. The molecule has 2 aromatic rings. The zero-order valence-corrected chi connectivity index (χ0v) is 14.1. The van der Waals surface area contributed by atoms with Crippen molar-refractivity contribution in [2.45, 2.75) is 25.7 Å². The largest absolute Gasteiger partial charge is 0.462 e. The number of hydrogen-bond donors (Lipinski definition) is 1. The maximum atomic E-state index is 12.4. The Morgan fingerprint density at radius 1 is 1.04 bits per heavy atom. The molecule has 0 bridgehead atoms. The van der Waals surface area contributed by atoms with Crippen LogP contribution >= 0.6 is 0 Å². The summed E-state index contributed by atoms with van der Waals surface area (Å²) in [6.07, 6.45) is 0. The van der Waals surface area contributed by atoms with Gasteiger partial charge in [-0.15, -0.1) is 0 Å². The Hall–Kier alpha value is -2.34. The number of hydrogen-bond acceptors (Lipinski definition) is 4. The lowest BCUT2D eigenvalue weighted by molar-refractivity contribution is 0.0526. The second kappa shape index (κ2) is 6.83. The number of aryl methyl sites for hydroxylation is 2. The van der Waals surface area contributed by atoms with Crippen LogP contribution in [-0.4, -0.2) is 21.0 Å². The first-order valence-corrected chi connectivity index (χ1v) is 8.69. The predicted molar refractivity (Wildman–Crippen MR) is 89.1 cm³/mol. The quantitative estimate of drug-likeness (QED) is 0.852. The minimum absolute atomic E-state index is 0.0868. The zero-order chi connectivity index (χ0) is 17.0. The standard InChI is InChI=1S/C17H19NO4S/c1-4-22-17(19)14-6-9-16(10-7-14)23(20,21)18-15-8-5-12(2)13(3)11-15/h5-11,18H,4H2,1-3H3. The second-order valence-corrected chi connectivity index (χ2v) is 6.83. The van der Waals surface area contributed by atoms with Crippen molar-refractivity contribution >= 4 is 21.7 Å². The number of esters is 1. The SMILES string of the molecule is CCOC(=O)c1ccc(S(=O)(=O)Nc2ccc(C)c(C)c2)cc1. The van der Waals surface area contributed by atoms with Crippen LogP contribution in [0.25, 0.3) is 0 Å². The molecule has 2 rings (SSSR count). The molecule has 6 heteroatoms. The number of rotatable bonds is 5. The molecule has 0 aliphatic rings. The van der Waals surface area contributed by atoms with Gasteiger partial charge in [0.25, 0.3) is 10.0 Å². The van der Waals surface area contributed by atoms with Gasteiger partial charge in [0, 0.05) is 5.69 Å². The molecular formula is C17H19NO4S. The van der Waals surface area contributed by atoms with Gasteiger partial charge in [-0.1, -0.05) is 6.07 Å². The number of nitrogens with one attached hydrogen (secondary N) is 1. The van der Waals surface area contributed by atoms with Crippen molar-refractivity contribution in [2.75, 3.05) is 11.3 Å². The molecule has 0 amide bonds. The van der Waals surface area contributed by atoms with E-state index in [1.54, 1.807) is 19.1 Å². The first-order valence-electron chi connectivity index (χ1n) is 7.21. The molecule has 23 heavy (non-hydrogen) atoms. The van der Waals surface area contributed by atoms with E-state index in [0.29, 0.717) is 11.3 Å². The fourth-order valence-electron chi connectivity index (χ4n) is 2.00. The molecule has 0 aliphatic heterocycles. The Morgan fingerprint density at radius 2 is 1.70 bits per heavy atom. The monoisotopic (exact) mass is 333 g/mol. The van der Waals surface area contributed by atoms with E-state index in [1.165, 1.54) is 24.3 Å². The number of ether oxygens (including phenoxy) is 1. The lowest BCUT2D eigenvalue weighted by atomic mass is 10.1. The minimum Gasteiger partial charge on any atom is -0.462 e. The van der Waals surface area contributed by atoms with Gasteiger partial charge in [0.05, 0.1) is 17.1 Å². The van der Waals surface area contributed by atoms with Gasteiger partial charge in [-0.2, -0.15) is 0 Å². The first kappa shape index (κ1) is 17.0. The van der Waals surface area contributed by atoms with Gasteiger partial charge in [-0.25, -0.2) is 13.2 Å². The van der Waals surface area contributed by atoms with Crippen LogP contribution < -0.4 is 4.72 Å². The summed E-state index contributed by atoms with van der Waals surface area (Å²) in [4.78, 5) is 11.7. The molecule has 0 spiro atoms. The normalized spacial score (nSPS) is 11.1. The van der Waals surface area contributed by atoms with Crippen molar-refractivity contribution in [2.24, 2.45) is 0 Å². The highest BCUT2D eigenvalue weighted by Crippen LogP contribution is 2.19. The Kier molecular flexibility index (Phi) is 5.05. The van der Waals surface area contributed by atoms with E-state index in [1.807, 2.05) is 19.9 Å². The maximum absolute atomic E-state index is 12.4. The van der Waals surface area contributed by atoms with E-state index in [-0.39, 0.29) is 11.5 Å². The van der Waals surface area contributed by atoms with E-state index in [0.717, 1.165) is 11.1 Å². The summed E-state index contributed by atoms with van der Waals surface area (Å²) in [6.45, 7) is 5.86. The van der Waals surface area contributed by atoms with Gasteiger partial charge in [-0.05, 0) is 68.3 Å². The molecule has 1 N–H and O–H groups in total. The Bertz CT molecular complexity index is 811. The van der Waals surface area contributed by atoms with Crippen LogP contribution in [0.5, 0.6) is 0 Å². The maximum Gasteiger partial charge on any atom is 0.338 e. The van der Waals surface area contributed by atoms with Crippen LogP contribution in [0.15, 0.2) is 47.4 Å². The second-order valence-electron chi connectivity index (χ2n) is 5.15. The number of anilines is 1. The smallest absolute Gasteiger partial charge is 0.338 e. The van der Waals surface area contributed by atoms with Crippen LogP contribution in [0.2, 0.25) is 0 Å². The summed E-state index contributed by atoms with van der Waals surface area (Å²) >= 11 is 0. The number of sulfonamides is 1. The molecule has 5 nitrogen and oxygen atoms in total. The molecule has 0 aromatic heterocycles. The van der Waals surface area contributed by atoms with Crippen LogP contribution in [0.1, 0.15) is 28.4 Å². The Labute approximate surface area is 136 Å². The van der Waals surface area contributed by atoms with Crippen molar-refractivity contribution in [3.05, 3.63) is 59.2 Å².